The molecular formula is C20H16O3. The van der Waals surface area contributed by atoms with E-state index in [1.807, 2.05) is 60.7 Å². The van der Waals surface area contributed by atoms with Crippen LogP contribution >= 0.6 is 0 Å². The summed E-state index contributed by atoms with van der Waals surface area (Å²) in [7, 11) is 1.62. The first-order chi connectivity index (χ1) is 11.2. The van der Waals surface area contributed by atoms with Crippen molar-refractivity contribution in [3.8, 4) is 11.5 Å². The Labute approximate surface area is 134 Å². The molecule has 0 N–H and O–H groups in total. The topological polar surface area (TPSA) is 35.5 Å². The van der Waals surface area contributed by atoms with E-state index in [0.29, 0.717) is 5.75 Å². The molecule has 0 heterocycles. The highest BCUT2D eigenvalue weighted by Crippen LogP contribution is 2.20. The summed E-state index contributed by atoms with van der Waals surface area (Å²) in [4.78, 5) is 11.9. The third kappa shape index (κ3) is 3.77. The molecule has 0 aliphatic rings. The van der Waals surface area contributed by atoms with Gasteiger partial charge >= 0.3 is 5.97 Å². The van der Waals surface area contributed by atoms with Crippen LogP contribution in [0.2, 0.25) is 0 Å². The first-order valence-electron chi connectivity index (χ1n) is 7.27. The van der Waals surface area contributed by atoms with E-state index in [4.69, 9.17) is 9.47 Å². The van der Waals surface area contributed by atoms with Crippen LogP contribution < -0.4 is 9.47 Å². The van der Waals surface area contributed by atoms with Gasteiger partial charge in [0.15, 0.2) is 0 Å². The van der Waals surface area contributed by atoms with Crippen molar-refractivity contribution in [1.82, 2.24) is 0 Å². The van der Waals surface area contributed by atoms with Crippen LogP contribution in [-0.4, -0.2) is 13.1 Å². The molecule has 0 spiro atoms. The van der Waals surface area contributed by atoms with E-state index in [9.17, 15) is 4.79 Å². The predicted octanol–water partition coefficient (Wildman–Crippen LogP) is 4.47. The molecule has 0 amide bonds. The quantitative estimate of drug-likeness (QED) is 0.405. The number of methoxy groups -OCH3 is 1. The first kappa shape index (κ1) is 14.9. The minimum absolute atomic E-state index is 0.406. The van der Waals surface area contributed by atoms with E-state index in [2.05, 4.69) is 0 Å². The molecule has 0 aliphatic carbocycles. The Morgan fingerprint density at radius 2 is 1.57 bits per heavy atom. The van der Waals surface area contributed by atoms with Crippen LogP contribution in [0.25, 0.3) is 16.8 Å². The van der Waals surface area contributed by atoms with E-state index in [-0.39, 0.29) is 0 Å². The Kier molecular flexibility index (Phi) is 4.39. The largest absolute Gasteiger partial charge is 0.497 e. The molecule has 0 bridgehead atoms. The zero-order valence-electron chi connectivity index (χ0n) is 12.7. The van der Waals surface area contributed by atoms with Gasteiger partial charge in [-0.15, -0.1) is 0 Å². The van der Waals surface area contributed by atoms with Crippen LogP contribution in [-0.2, 0) is 4.79 Å². The molecule has 0 unspecified atom stereocenters. The maximum absolute atomic E-state index is 11.9. The van der Waals surface area contributed by atoms with Gasteiger partial charge < -0.3 is 9.47 Å². The first-order valence-corrected chi connectivity index (χ1v) is 7.27. The van der Waals surface area contributed by atoms with E-state index in [1.54, 1.807) is 19.3 Å². The molecule has 0 fully saturated rings. The number of rotatable bonds is 4. The number of hydrogen-bond acceptors (Lipinski definition) is 3. The average molecular weight is 304 g/mol. The van der Waals surface area contributed by atoms with Gasteiger partial charge in [-0.05, 0) is 46.7 Å². The van der Waals surface area contributed by atoms with E-state index < -0.39 is 5.97 Å². The zero-order chi connectivity index (χ0) is 16.1. The molecule has 3 heteroatoms. The molecule has 3 aromatic carbocycles. The van der Waals surface area contributed by atoms with Crippen molar-refractivity contribution in [2.45, 2.75) is 0 Å². The second kappa shape index (κ2) is 6.79. The van der Waals surface area contributed by atoms with Crippen molar-refractivity contribution in [3.63, 3.8) is 0 Å². The fourth-order valence-electron chi connectivity index (χ4n) is 2.26. The number of esters is 1. The molecule has 0 saturated carbocycles. The van der Waals surface area contributed by atoms with Crippen molar-refractivity contribution >= 4 is 22.8 Å². The molecule has 3 nitrogen and oxygen atoms in total. The lowest BCUT2D eigenvalue weighted by molar-refractivity contribution is -0.128. The SMILES string of the molecule is COc1ccc(/C=C/C(=O)Oc2ccc3ccccc3c2)cc1. The second-order valence-corrected chi connectivity index (χ2v) is 5.04. The maximum Gasteiger partial charge on any atom is 0.336 e. The molecule has 0 aliphatic heterocycles. The lowest BCUT2D eigenvalue weighted by Crippen LogP contribution is -2.03. The molecular weight excluding hydrogens is 288 g/mol. The number of hydrogen-bond donors (Lipinski definition) is 0. The van der Waals surface area contributed by atoms with E-state index in [1.165, 1.54) is 6.08 Å². The summed E-state index contributed by atoms with van der Waals surface area (Å²) >= 11 is 0. The molecule has 0 atom stereocenters. The van der Waals surface area contributed by atoms with E-state index >= 15 is 0 Å². The monoisotopic (exact) mass is 304 g/mol. The Morgan fingerprint density at radius 3 is 2.30 bits per heavy atom. The van der Waals surface area contributed by atoms with Crippen molar-refractivity contribution in [3.05, 3.63) is 78.4 Å². The fraction of sp³-hybridized carbons (Fsp3) is 0.0500. The highest BCUT2D eigenvalue weighted by atomic mass is 16.5. The Bertz CT molecular complexity index is 848. The lowest BCUT2D eigenvalue weighted by Gasteiger charge is -2.03. The van der Waals surface area contributed by atoms with Gasteiger partial charge in [-0.2, -0.15) is 0 Å². The highest BCUT2D eigenvalue weighted by molar-refractivity contribution is 5.90. The smallest absolute Gasteiger partial charge is 0.336 e. The van der Waals surface area contributed by atoms with Gasteiger partial charge in [0.25, 0.3) is 0 Å². The fourth-order valence-corrected chi connectivity index (χ4v) is 2.26. The zero-order valence-corrected chi connectivity index (χ0v) is 12.7. The molecule has 114 valence electrons. The minimum Gasteiger partial charge on any atom is -0.497 e. The summed E-state index contributed by atoms with van der Waals surface area (Å²) in [5, 5.41) is 2.15. The van der Waals surface area contributed by atoms with Crippen LogP contribution in [0.5, 0.6) is 11.5 Å². The molecule has 0 saturated heterocycles. The Morgan fingerprint density at radius 1 is 0.870 bits per heavy atom. The van der Waals surface area contributed by atoms with Gasteiger partial charge in [0.05, 0.1) is 7.11 Å². The molecule has 23 heavy (non-hydrogen) atoms. The van der Waals surface area contributed by atoms with Gasteiger partial charge in [-0.3, -0.25) is 0 Å². The van der Waals surface area contributed by atoms with Crippen molar-refractivity contribution in [2.75, 3.05) is 7.11 Å². The minimum atomic E-state index is -0.406. The number of benzene rings is 3. The third-order valence-corrected chi connectivity index (χ3v) is 3.47. The summed E-state index contributed by atoms with van der Waals surface area (Å²) < 4.78 is 10.4. The highest BCUT2D eigenvalue weighted by Gasteiger charge is 2.02. The predicted molar refractivity (Wildman–Crippen MR) is 91.6 cm³/mol. The number of ether oxygens (including phenoxy) is 2. The Balaban J connectivity index is 1.68. The lowest BCUT2D eigenvalue weighted by atomic mass is 10.1. The van der Waals surface area contributed by atoms with Gasteiger partial charge in [0, 0.05) is 6.08 Å². The van der Waals surface area contributed by atoms with Gasteiger partial charge in [0.2, 0.25) is 0 Å². The molecule has 0 aromatic heterocycles. The summed E-state index contributed by atoms with van der Waals surface area (Å²) in [5.74, 6) is 0.907. The average Bonchev–Trinajstić information content (AvgIpc) is 2.60. The van der Waals surface area contributed by atoms with Crippen LogP contribution in [0.15, 0.2) is 72.8 Å². The Hall–Kier alpha value is -3.07. The standard InChI is InChI=1S/C20H16O3/c1-22-18-10-6-15(7-11-18)8-13-20(21)23-19-12-9-16-4-2-3-5-17(16)14-19/h2-14H,1H3/b13-8+. The summed E-state index contributed by atoms with van der Waals surface area (Å²) in [6.45, 7) is 0. The second-order valence-electron chi connectivity index (χ2n) is 5.04. The number of carbonyl (C=O) groups is 1. The third-order valence-electron chi connectivity index (χ3n) is 3.47. The number of fused-ring (bicyclic) bond motifs is 1. The van der Waals surface area contributed by atoms with Crippen molar-refractivity contribution in [2.24, 2.45) is 0 Å². The number of carbonyl (C=O) groups excluding carboxylic acids is 1. The summed E-state index contributed by atoms with van der Waals surface area (Å²) in [5.41, 5.74) is 0.904. The van der Waals surface area contributed by atoms with Crippen LogP contribution in [0.3, 0.4) is 0 Å². The van der Waals surface area contributed by atoms with Crippen molar-refractivity contribution < 1.29 is 14.3 Å². The maximum atomic E-state index is 11.9. The molecule has 3 aromatic rings. The van der Waals surface area contributed by atoms with Crippen LogP contribution in [0.1, 0.15) is 5.56 Å². The van der Waals surface area contributed by atoms with E-state index in [0.717, 1.165) is 22.1 Å². The van der Waals surface area contributed by atoms with Crippen molar-refractivity contribution in [1.29, 1.82) is 0 Å². The normalized spacial score (nSPS) is 10.8. The molecule has 3 rings (SSSR count). The van der Waals surface area contributed by atoms with Gasteiger partial charge in [-0.1, -0.05) is 42.5 Å². The van der Waals surface area contributed by atoms with Gasteiger partial charge in [0.1, 0.15) is 11.5 Å². The summed E-state index contributed by atoms with van der Waals surface area (Å²) in [6, 6.07) is 21.0. The van der Waals surface area contributed by atoms with Gasteiger partial charge in [-0.25, -0.2) is 4.79 Å². The van der Waals surface area contributed by atoms with Crippen LogP contribution in [0.4, 0.5) is 0 Å². The van der Waals surface area contributed by atoms with Crippen LogP contribution in [0, 0.1) is 0 Å². The molecule has 0 radical (unpaired) electrons. The summed E-state index contributed by atoms with van der Waals surface area (Å²) in [6.07, 6.45) is 3.12.